The first-order valence-electron chi connectivity index (χ1n) is 6.33. The van der Waals surface area contributed by atoms with E-state index in [9.17, 15) is 9.59 Å². The molecule has 17 heavy (non-hydrogen) atoms. The molecule has 1 aliphatic carbocycles. The second-order valence-electron chi connectivity index (χ2n) is 5.31. The Hall–Kier alpha value is -1.26. The lowest BCUT2D eigenvalue weighted by atomic mass is 9.85. The molecule has 0 aromatic heterocycles. The quantitative estimate of drug-likeness (QED) is 0.777. The number of aliphatic carboxylic acids is 1. The molecule has 1 saturated carbocycles. The summed E-state index contributed by atoms with van der Waals surface area (Å²) in [7, 11) is 0. The molecule has 0 radical (unpaired) electrons. The zero-order valence-electron chi connectivity index (χ0n) is 10.2. The number of hydrogen-bond donors (Lipinski definition) is 2. The lowest BCUT2D eigenvalue weighted by Gasteiger charge is -2.26. The van der Waals surface area contributed by atoms with Gasteiger partial charge in [-0.05, 0) is 24.7 Å². The van der Waals surface area contributed by atoms with Crippen molar-refractivity contribution in [2.45, 2.75) is 26.2 Å². The predicted octanol–water partition coefficient (Wildman–Crippen LogP) is 1.15. The Bertz CT molecular complexity index is 315. The summed E-state index contributed by atoms with van der Waals surface area (Å²) in [6.07, 6.45) is 3.67. The largest absolute Gasteiger partial charge is 0.481 e. The van der Waals surface area contributed by atoms with Crippen molar-refractivity contribution in [2.24, 2.45) is 17.8 Å². The smallest absolute Gasteiger partial charge is 0.317 e. The van der Waals surface area contributed by atoms with Gasteiger partial charge < -0.3 is 15.3 Å². The molecular formula is C12H20N2O3. The minimum atomic E-state index is -0.799. The highest BCUT2D eigenvalue weighted by Gasteiger charge is 2.37. The fourth-order valence-electron chi connectivity index (χ4n) is 2.49. The standard InChI is InChI=1S/C12H20N2O3/c1-8-6-14(7-10(8)11(15)16)12(17)13-5-9-3-2-4-9/h8-10H,2-7H2,1H3,(H,13,17)(H,15,16). The topological polar surface area (TPSA) is 69.6 Å². The molecule has 0 aromatic rings. The second kappa shape index (κ2) is 4.94. The molecule has 0 spiro atoms. The molecule has 0 bridgehead atoms. The summed E-state index contributed by atoms with van der Waals surface area (Å²) in [5, 5.41) is 11.9. The number of carbonyl (C=O) groups excluding carboxylic acids is 1. The van der Waals surface area contributed by atoms with Gasteiger partial charge in [0.05, 0.1) is 5.92 Å². The third kappa shape index (κ3) is 2.70. The van der Waals surface area contributed by atoms with Gasteiger partial charge in [-0.15, -0.1) is 0 Å². The second-order valence-corrected chi connectivity index (χ2v) is 5.31. The Morgan fingerprint density at radius 1 is 1.35 bits per heavy atom. The zero-order chi connectivity index (χ0) is 12.4. The molecule has 2 atom stereocenters. The van der Waals surface area contributed by atoms with Gasteiger partial charge in [-0.1, -0.05) is 13.3 Å². The van der Waals surface area contributed by atoms with Gasteiger partial charge in [-0.3, -0.25) is 4.79 Å². The Morgan fingerprint density at radius 3 is 2.53 bits per heavy atom. The third-order valence-corrected chi connectivity index (χ3v) is 3.98. The summed E-state index contributed by atoms with van der Waals surface area (Å²) < 4.78 is 0. The summed E-state index contributed by atoms with van der Waals surface area (Å²) in [5.41, 5.74) is 0. The molecule has 5 heteroatoms. The van der Waals surface area contributed by atoms with Crippen LogP contribution >= 0.6 is 0 Å². The van der Waals surface area contributed by atoms with Gasteiger partial charge in [0.2, 0.25) is 0 Å². The molecule has 2 unspecified atom stereocenters. The number of carboxylic acid groups (broad SMARTS) is 1. The van der Waals surface area contributed by atoms with E-state index in [0.717, 1.165) is 6.54 Å². The van der Waals surface area contributed by atoms with Crippen molar-refractivity contribution < 1.29 is 14.7 Å². The van der Waals surface area contributed by atoms with Crippen LogP contribution in [0.15, 0.2) is 0 Å². The first-order valence-corrected chi connectivity index (χ1v) is 6.33. The maximum absolute atomic E-state index is 11.8. The van der Waals surface area contributed by atoms with E-state index in [1.807, 2.05) is 6.92 Å². The Morgan fingerprint density at radius 2 is 2.06 bits per heavy atom. The van der Waals surface area contributed by atoms with E-state index in [4.69, 9.17) is 5.11 Å². The molecular weight excluding hydrogens is 220 g/mol. The summed E-state index contributed by atoms with van der Waals surface area (Å²) >= 11 is 0. The summed E-state index contributed by atoms with van der Waals surface area (Å²) in [5.74, 6) is -0.535. The van der Waals surface area contributed by atoms with Gasteiger partial charge in [0.25, 0.3) is 0 Å². The van der Waals surface area contributed by atoms with Crippen LogP contribution in [0.25, 0.3) is 0 Å². The van der Waals surface area contributed by atoms with Crippen molar-refractivity contribution in [3.63, 3.8) is 0 Å². The van der Waals surface area contributed by atoms with E-state index < -0.39 is 11.9 Å². The van der Waals surface area contributed by atoms with Crippen LogP contribution in [0.1, 0.15) is 26.2 Å². The normalized spacial score (nSPS) is 28.9. The molecule has 2 N–H and O–H groups in total. The number of carboxylic acids is 1. The average molecular weight is 240 g/mol. The van der Waals surface area contributed by atoms with E-state index in [2.05, 4.69) is 5.32 Å². The van der Waals surface area contributed by atoms with Gasteiger partial charge in [-0.2, -0.15) is 0 Å². The molecule has 2 amide bonds. The maximum Gasteiger partial charge on any atom is 0.317 e. The number of likely N-dealkylation sites (tertiary alicyclic amines) is 1. The third-order valence-electron chi connectivity index (χ3n) is 3.98. The average Bonchev–Trinajstić information content (AvgIpc) is 2.58. The van der Waals surface area contributed by atoms with Crippen LogP contribution in [0.2, 0.25) is 0 Å². The minimum absolute atomic E-state index is 0.0435. The molecule has 1 heterocycles. The highest BCUT2D eigenvalue weighted by atomic mass is 16.4. The summed E-state index contributed by atoms with van der Waals surface area (Å²) in [6, 6.07) is -0.104. The van der Waals surface area contributed by atoms with Crippen molar-refractivity contribution in [3.05, 3.63) is 0 Å². The fraction of sp³-hybridized carbons (Fsp3) is 0.833. The molecule has 2 aliphatic rings. The lowest BCUT2D eigenvalue weighted by Crippen LogP contribution is -2.42. The fourth-order valence-corrected chi connectivity index (χ4v) is 2.49. The molecule has 1 saturated heterocycles. The number of hydrogen-bond acceptors (Lipinski definition) is 2. The number of nitrogens with zero attached hydrogens (tertiary/aromatic N) is 1. The predicted molar refractivity (Wildman–Crippen MR) is 62.6 cm³/mol. The van der Waals surface area contributed by atoms with Gasteiger partial charge in [0.1, 0.15) is 0 Å². The number of rotatable bonds is 3. The van der Waals surface area contributed by atoms with E-state index in [1.54, 1.807) is 4.90 Å². The van der Waals surface area contributed by atoms with Gasteiger partial charge in [0.15, 0.2) is 0 Å². The monoisotopic (exact) mass is 240 g/mol. The van der Waals surface area contributed by atoms with E-state index in [0.29, 0.717) is 19.0 Å². The molecule has 1 aliphatic heterocycles. The Balaban J connectivity index is 1.78. The number of urea groups is 1. The zero-order valence-corrected chi connectivity index (χ0v) is 10.2. The first kappa shape index (κ1) is 12.2. The van der Waals surface area contributed by atoms with Crippen molar-refractivity contribution >= 4 is 12.0 Å². The SMILES string of the molecule is CC1CN(C(=O)NCC2CCC2)CC1C(=O)O. The molecule has 0 aromatic carbocycles. The van der Waals surface area contributed by atoms with Gasteiger partial charge >= 0.3 is 12.0 Å². The van der Waals surface area contributed by atoms with Crippen LogP contribution in [0.5, 0.6) is 0 Å². The highest BCUT2D eigenvalue weighted by Crippen LogP contribution is 2.26. The molecule has 2 fully saturated rings. The highest BCUT2D eigenvalue weighted by molar-refractivity contribution is 5.77. The Labute approximate surface area is 101 Å². The number of nitrogens with one attached hydrogen (secondary N) is 1. The molecule has 96 valence electrons. The van der Waals surface area contributed by atoms with Crippen LogP contribution < -0.4 is 5.32 Å². The molecule has 5 nitrogen and oxygen atoms in total. The van der Waals surface area contributed by atoms with Crippen molar-refractivity contribution in [1.29, 1.82) is 0 Å². The van der Waals surface area contributed by atoms with Crippen molar-refractivity contribution in [1.82, 2.24) is 10.2 Å². The van der Waals surface area contributed by atoms with Crippen LogP contribution in [0.4, 0.5) is 4.79 Å². The van der Waals surface area contributed by atoms with Crippen LogP contribution in [0.3, 0.4) is 0 Å². The van der Waals surface area contributed by atoms with Crippen LogP contribution in [-0.2, 0) is 4.79 Å². The summed E-state index contributed by atoms with van der Waals surface area (Å²) in [6.45, 7) is 3.51. The van der Waals surface area contributed by atoms with E-state index in [-0.39, 0.29) is 11.9 Å². The first-order chi connectivity index (χ1) is 8.08. The lowest BCUT2D eigenvalue weighted by molar-refractivity contribution is -0.142. The number of amides is 2. The van der Waals surface area contributed by atoms with Gasteiger partial charge in [0, 0.05) is 19.6 Å². The van der Waals surface area contributed by atoms with E-state index in [1.165, 1.54) is 19.3 Å². The van der Waals surface area contributed by atoms with Crippen molar-refractivity contribution in [2.75, 3.05) is 19.6 Å². The molecule has 2 rings (SSSR count). The number of carbonyl (C=O) groups is 2. The van der Waals surface area contributed by atoms with Crippen LogP contribution in [-0.4, -0.2) is 41.6 Å². The maximum atomic E-state index is 11.8. The summed E-state index contributed by atoms with van der Waals surface area (Å²) in [4.78, 5) is 24.4. The van der Waals surface area contributed by atoms with Gasteiger partial charge in [-0.25, -0.2) is 4.79 Å². The van der Waals surface area contributed by atoms with E-state index >= 15 is 0 Å². The van der Waals surface area contributed by atoms with Crippen molar-refractivity contribution in [3.8, 4) is 0 Å². The van der Waals surface area contributed by atoms with Crippen LogP contribution in [0, 0.1) is 17.8 Å². The minimum Gasteiger partial charge on any atom is -0.481 e. The Kier molecular flexibility index (Phi) is 3.54.